The van der Waals surface area contributed by atoms with E-state index in [9.17, 15) is 14.7 Å². The van der Waals surface area contributed by atoms with E-state index in [1.165, 1.54) is 6.08 Å². The van der Waals surface area contributed by atoms with Crippen LogP contribution in [0, 0.1) is 5.92 Å². The molecule has 1 saturated heterocycles. The van der Waals surface area contributed by atoms with Crippen molar-refractivity contribution >= 4 is 29.5 Å². The summed E-state index contributed by atoms with van der Waals surface area (Å²) in [5.74, 6) is 1.07. The average molecular weight is 491 g/mol. The molecule has 190 valence electrons. The molecule has 1 aliphatic heterocycles. The van der Waals surface area contributed by atoms with Crippen LogP contribution >= 0.6 is 11.8 Å². The van der Waals surface area contributed by atoms with Crippen LogP contribution in [0.4, 0.5) is 0 Å². The summed E-state index contributed by atoms with van der Waals surface area (Å²) in [4.78, 5) is 28.5. The van der Waals surface area contributed by atoms with Crippen molar-refractivity contribution < 1.29 is 14.7 Å². The van der Waals surface area contributed by atoms with Gasteiger partial charge in [-0.1, -0.05) is 38.0 Å². The van der Waals surface area contributed by atoms with Crippen LogP contribution in [0.1, 0.15) is 67.2 Å². The number of aliphatic imine (C=N–C) groups is 1. The van der Waals surface area contributed by atoms with E-state index in [1.807, 2.05) is 43.8 Å². The van der Waals surface area contributed by atoms with Crippen molar-refractivity contribution in [2.75, 3.05) is 12.3 Å². The van der Waals surface area contributed by atoms with E-state index >= 15 is 0 Å². The highest BCUT2D eigenvalue weighted by atomic mass is 32.2. The lowest BCUT2D eigenvalue weighted by molar-refractivity contribution is -0.120. The monoisotopic (exact) mass is 490 g/mol. The van der Waals surface area contributed by atoms with E-state index in [2.05, 4.69) is 22.5 Å². The number of thioether (sulfide) groups is 1. The Hall–Kier alpha value is -2.48. The first-order chi connectivity index (χ1) is 16.1. The van der Waals surface area contributed by atoms with Gasteiger partial charge in [-0.3, -0.25) is 19.9 Å². The van der Waals surface area contributed by atoms with Crippen molar-refractivity contribution in [2.24, 2.45) is 16.6 Å². The fourth-order valence-corrected chi connectivity index (χ4v) is 5.45. The van der Waals surface area contributed by atoms with Crippen molar-refractivity contribution in [1.82, 2.24) is 10.6 Å². The maximum Gasteiger partial charge on any atom is 0.261 e. The van der Waals surface area contributed by atoms with Crippen LogP contribution in [0.15, 0.2) is 51.8 Å². The summed E-state index contributed by atoms with van der Waals surface area (Å²) in [5, 5.41) is 16.4. The first kappa shape index (κ1) is 29.6. The summed E-state index contributed by atoms with van der Waals surface area (Å²) in [6.07, 6.45) is 11.1. The molecule has 0 spiro atoms. The topological polar surface area (TPSA) is 117 Å². The van der Waals surface area contributed by atoms with Gasteiger partial charge in [0.25, 0.3) is 5.91 Å². The van der Waals surface area contributed by atoms with Gasteiger partial charge >= 0.3 is 0 Å². The molecule has 2 amide bonds. The SMILES string of the molecule is C\C=C/C=C(C)/C(C)=C(C(=O)NC(N)=NCCCCC[C@@H]1SC[C@H](C)[C@@H]1NC(C)=O)/C(O)=C\C. The number of nitrogens with one attached hydrogen (secondary N) is 2. The molecule has 0 unspecified atom stereocenters. The minimum atomic E-state index is -0.487. The third kappa shape index (κ3) is 9.79. The lowest BCUT2D eigenvalue weighted by Gasteiger charge is -2.22. The largest absolute Gasteiger partial charge is 0.507 e. The van der Waals surface area contributed by atoms with Gasteiger partial charge in [0, 0.05) is 24.8 Å². The van der Waals surface area contributed by atoms with E-state index in [-0.39, 0.29) is 29.2 Å². The Morgan fingerprint density at radius 1 is 1.18 bits per heavy atom. The zero-order chi connectivity index (χ0) is 25.7. The maximum atomic E-state index is 12.8. The Bertz CT molecular complexity index is 858. The number of hydrogen-bond acceptors (Lipinski definition) is 5. The number of amides is 2. The van der Waals surface area contributed by atoms with Crippen molar-refractivity contribution in [3.63, 3.8) is 0 Å². The van der Waals surface area contributed by atoms with Crippen molar-refractivity contribution in [3.8, 4) is 0 Å². The van der Waals surface area contributed by atoms with E-state index in [0.717, 1.165) is 37.0 Å². The van der Waals surface area contributed by atoms with Crippen LogP contribution in [0.3, 0.4) is 0 Å². The van der Waals surface area contributed by atoms with Gasteiger partial charge in [-0.25, -0.2) is 0 Å². The number of nitrogens with two attached hydrogens (primary N) is 1. The molecule has 1 rings (SSSR count). The molecule has 0 aromatic carbocycles. The predicted molar refractivity (Wildman–Crippen MR) is 144 cm³/mol. The molecule has 34 heavy (non-hydrogen) atoms. The molecule has 7 nitrogen and oxygen atoms in total. The molecule has 0 radical (unpaired) electrons. The number of unbranched alkanes of at least 4 members (excludes halogenated alkanes) is 2. The maximum absolute atomic E-state index is 12.8. The molecule has 0 aromatic heterocycles. The lowest BCUT2D eigenvalue weighted by atomic mass is 9.97. The number of carbonyl (C=O) groups is 2. The highest BCUT2D eigenvalue weighted by Gasteiger charge is 2.33. The number of carbonyl (C=O) groups excluding carboxylic acids is 2. The molecule has 5 N–H and O–H groups in total. The van der Waals surface area contributed by atoms with Crippen LogP contribution < -0.4 is 16.4 Å². The summed E-state index contributed by atoms with van der Waals surface area (Å²) in [6, 6.07) is 0.252. The summed E-state index contributed by atoms with van der Waals surface area (Å²) in [7, 11) is 0. The summed E-state index contributed by atoms with van der Waals surface area (Å²) in [5.41, 5.74) is 7.63. The van der Waals surface area contributed by atoms with Crippen LogP contribution in [0.5, 0.6) is 0 Å². The van der Waals surface area contributed by atoms with Gasteiger partial charge < -0.3 is 16.2 Å². The fraction of sp³-hybridized carbons (Fsp3) is 0.577. The van der Waals surface area contributed by atoms with Crippen LogP contribution in [0.25, 0.3) is 0 Å². The smallest absolute Gasteiger partial charge is 0.261 e. The Kier molecular flexibility index (Phi) is 13.4. The van der Waals surface area contributed by atoms with E-state index in [1.54, 1.807) is 20.8 Å². The van der Waals surface area contributed by atoms with Gasteiger partial charge in [0.05, 0.1) is 5.57 Å². The first-order valence-electron chi connectivity index (χ1n) is 12.0. The quantitative estimate of drug-likeness (QED) is 0.0847. The van der Waals surface area contributed by atoms with Gasteiger partial charge in [-0.15, -0.1) is 0 Å². The highest BCUT2D eigenvalue weighted by molar-refractivity contribution is 8.00. The second kappa shape index (κ2) is 15.4. The molecule has 0 aliphatic carbocycles. The zero-order valence-corrected chi connectivity index (χ0v) is 22.3. The van der Waals surface area contributed by atoms with Gasteiger partial charge in [0.1, 0.15) is 5.76 Å². The highest BCUT2D eigenvalue weighted by Crippen LogP contribution is 2.34. The second-order valence-electron chi connectivity index (χ2n) is 8.70. The third-order valence-corrected chi connectivity index (χ3v) is 7.56. The lowest BCUT2D eigenvalue weighted by Crippen LogP contribution is -2.41. The minimum Gasteiger partial charge on any atom is -0.507 e. The van der Waals surface area contributed by atoms with E-state index < -0.39 is 5.91 Å². The van der Waals surface area contributed by atoms with Gasteiger partial charge in [-0.2, -0.15) is 11.8 Å². The summed E-state index contributed by atoms with van der Waals surface area (Å²) < 4.78 is 0. The Balaban J connectivity index is 2.58. The van der Waals surface area contributed by atoms with Crippen molar-refractivity contribution in [2.45, 2.75) is 78.5 Å². The molecule has 1 fully saturated rings. The third-order valence-electron chi connectivity index (χ3n) is 5.89. The predicted octanol–water partition coefficient (Wildman–Crippen LogP) is 4.53. The first-order valence-corrected chi connectivity index (χ1v) is 13.0. The number of guanidine groups is 1. The molecular weight excluding hydrogens is 448 g/mol. The molecule has 1 heterocycles. The molecular formula is C26H42N4O3S. The molecule has 0 bridgehead atoms. The second-order valence-corrected chi connectivity index (χ2v) is 9.97. The molecule has 0 aromatic rings. The number of aliphatic hydroxyl groups is 1. The van der Waals surface area contributed by atoms with Crippen molar-refractivity contribution in [1.29, 1.82) is 0 Å². The van der Waals surface area contributed by atoms with Crippen LogP contribution in [-0.2, 0) is 9.59 Å². The zero-order valence-electron chi connectivity index (χ0n) is 21.5. The average Bonchev–Trinajstić information content (AvgIpc) is 3.12. The molecule has 1 aliphatic rings. The molecule has 0 saturated carbocycles. The number of aliphatic hydroxyl groups excluding tert-OH is 1. The normalized spacial score (nSPS) is 22.6. The number of rotatable bonds is 11. The Morgan fingerprint density at radius 2 is 1.88 bits per heavy atom. The minimum absolute atomic E-state index is 0.0381. The number of allylic oxidation sites excluding steroid dienone is 6. The Morgan fingerprint density at radius 3 is 2.50 bits per heavy atom. The van der Waals surface area contributed by atoms with Gasteiger partial charge in [0.15, 0.2) is 5.96 Å². The summed E-state index contributed by atoms with van der Waals surface area (Å²) in [6.45, 7) is 11.5. The Labute approximate surface area is 209 Å². The van der Waals surface area contributed by atoms with E-state index in [0.29, 0.717) is 23.3 Å². The van der Waals surface area contributed by atoms with Crippen LogP contribution in [-0.4, -0.2) is 46.5 Å². The number of nitrogens with zero attached hydrogens (tertiary/aromatic N) is 1. The van der Waals surface area contributed by atoms with Gasteiger partial charge in [-0.05, 0) is 69.4 Å². The number of hydrogen-bond donors (Lipinski definition) is 4. The van der Waals surface area contributed by atoms with Crippen molar-refractivity contribution in [3.05, 3.63) is 46.8 Å². The standard InChI is InChI=1S/C26H42N4O3S/c1-7-9-13-17(3)19(5)23(21(32)8-2)25(33)30-26(27)28-15-12-10-11-14-22-24(29-20(6)31)18(4)16-34-22/h7-9,13,18,22,24,32H,10-12,14-16H2,1-6H3,(H,29,31)(H3,27,28,30,33)/b9-7-,17-13+,21-8+,23-19-/t18-,22-,24-/m0/s1. The summed E-state index contributed by atoms with van der Waals surface area (Å²) >= 11 is 1.94. The molecule has 8 heteroatoms. The fourth-order valence-electron chi connectivity index (χ4n) is 3.82. The molecule has 3 atom stereocenters. The van der Waals surface area contributed by atoms with Gasteiger partial charge in [0.2, 0.25) is 5.91 Å². The van der Waals surface area contributed by atoms with E-state index in [4.69, 9.17) is 5.73 Å². The van der Waals surface area contributed by atoms with Crippen LogP contribution in [0.2, 0.25) is 0 Å².